The zero-order valence-corrected chi connectivity index (χ0v) is 12.1. The molecule has 0 saturated carbocycles. The topological polar surface area (TPSA) is 72.9 Å². The van der Waals surface area contributed by atoms with Crippen LogP contribution in [0.1, 0.15) is 26.7 Å². The molecule has 110 valence electrons. The van der Waals surface area contributed by atoms with Gasteiger partial charge in [0.25, 0.3) is 0 Å². The number of nitrogens with zero attached hydrogens (tertiary/aromatic N) is 2. The predicted molar refractivity (Wildman–Crippen MR) is 73.1 cm³/mol. The number of urea groups is 1. The van der Waals surface area contributed by atoms with E-state index >= 15 is 0 Å². The second-order valence-electron chi connectivity index (χ2n) is 5.11. The summed E-state index contributed by atoms with van der Waals surface area (Å²) in [5.74, 6) is -0.486. The Hall–Kier alpha value is -1.30. The van der Waals surface area contributed by atoms with E-state index in [0.717, 1.165) is 26.1 Å². The van der Waals surface area contributed by atoms with Gasteiger partial charge in [0.1, 0.15) is 6.04 Å². The van der Waals surface area contributed by atoms with Crippen molar-refractivity contribution in [2.45, 2.75) is 32.7 Å². The van der Waals surface area contributed by atoms with Crippen LogP contribution in [0.25, 0.3) is 0 Å². The quantitative estimate of drug-likeness (QED) is 0.750. The van der Waals surface area contributed by atoms with Crippen LogP contribution < -0.4 is 5.32 Å². The third-order valence-electron chi connectivity index (χ3n) is 3.82. The number of carboxylic acid groups (broad SMARTS) is 1. The monoisotopic (exact) mass is 271 g/mol. The fourth-order valence-corrected chi connectivity index (χ4v) is 2.48. The van der Waals surface area contributed by atoms with Crippen molar-refractivity contribution in [3.05, 3.63) is 0 Å². The van der Waals surface area contributed by atoms with Crippen LogP contribution in [0, 0.1) is 5.92 Å². The van der Waals surface area contributed by atoms with Crippen molar-refractivity contribution in [2.75, 3.05) is 33.2 Å². The number of nitrogens with one attached hydrogen (secondary N) is 1. The van der Waals surface area contributed by atoms with Crippen LogP contribution in [0.2, 0.25) is 0 Å². The molecule has 1 heterocycles. The predicted octanol–water partition coefficient (Wildman–Crippen LogP) is 0.833. The van der Waals surface area contributed by atoms with E-state index in [1.165, 1.54) is 11.9 Å². The van der Waals surface area contributed by atoms with E-state index < -0.39 is 12.0 Å². The molecule has 0 aromatic rings. The van der Waals surface area contributed by atoms with Crippen molar-refractivity contribution < 1.29 is 14.7 Å². The number of likely N-dealkylation sites (tertiary alicyclic amines) is 1. The van der Waals surface area contributed by atoms with E-state index in [2.05, 4.69) is 17.1 Å². The van der Waals surface area contributed by atoms with Crippen molar-refractivity contribution >= 4 is 12.0 Å². The summed E-state index contributed by atoms with van der Waals surface area (Å²) in [6, 6.07) is -1.06. The lowest BCUT2D eigenvalue weighted by atomic mass is 10.1. The number of likely N-dealkylation sites (N-methyl/N-ethyl adjacent to an activating group) is 1. The van der Waals surface area contributed by atoms with E-state index in [-0.39, 0.29) is 6.03 Å². The Morgan fingerprint density at radius 3 is 2.63 bits per heavy atom. The van der Waals surface area contributed by atoms with Crippen LogP contribution in [0.15, 0.2) is 0 Å². The highest BCUT2D eigenvalue weighted by Crippen LogP contribution is 2.14. The number of hydrogen-bond donors (Lipinski definition) is 2. The lowest BCUT2D eigenvalue weighted by Crippen LogP contribution is -2.48. The van der Waals surface area contributed by atoms with Gasteiger partial charge in [-0.2, -0.15) is 0 Å². The van der Waals surface area contributed by atoms with Crippen LogP contribution in [0.5, 0.6) is 0 Å². The van der Waals surface area contributed by atoms with E-state index in [9.17, 15) is 9.59 Å². The van der Waals surface area contributed by atoms with Gasteiger partial charge in [0.15, 0.2) is 0 Å². The summed E-state index contributed by atoms with van der Waals surface area (Å²) in [6.07, 6.45) is 1.50. The summed E-state index contributed by atoms with van der Waals surface area (Å²) in [5, 5.41) is 11.8. The molecule has 0 aromatic carbocycles. The highest BCUT2D eigenvalue weighted by molar-refractivity contribution is 5.82. The van der Waals surface area contributed by atoms with Crippen molar-refractivity contribution in [3.8, 4) is 0 Å². The number of hydrogen-bond acceptors (Lipinski definition) is 3. The molecule has 1 saturated heterocycles. The first kappa shape index (κ1) is 15.8. The van der Waals surface area contributed by atoms with Gasteiger partial charge in [0.2, 0.25) is 0 Å². The number of aliphatic carboxylic acids is 1. The maximum Gasteiger partial charge on any atom is 0.326 e. The Morgan fingerprint density at radius 2 is 2.16 bits per heavy atom. The maximum atomic E-state index is 11.9. The van der Waals surface area contributed by atoms with Crippen LogP contribution in [-0.2, 0) is 4.79 Å². The number of carbonyl (C=O) groups excluding carboxylic acids is 1. The van der Waals surface area contributed by atoms with Crippen molar-refractivity contribution in [2.24, 2.45) is 5.92 Å². The Labute approximate surface area is 114 Å². The third kappa shape index (κ3) is 4.38. The van der Waals surface area contributed by atoms with Gasteiger partial charge in [-0.25, -0.2) is 9.59 Å². The minimum Gasteiger partial charge on any atom is -0.480 e. The molecule has 0 bridgehead atoms. The first-order chi connectivity index (χ1) is 8.99. The van der Waals surface area contributed by atoms with Gasteiger partial charge in [-0.05, 0) is 31.8 Å². The molecule has 0 spiro atoms. The van der Waals surface area contributed by atoms with Gasteiger partial charge in [-0.15, -0.1) is 0 Å². The van der Waals surface area contributed by atoms with Gasteiger partial charge in [-0.1, -0.05) is 13.8 Å². The molecule has 0 aliphatic carbocycles. The van der Waals surface area contributed by atoms with Crippen molar-refractivity contribution in [1.82, 2.24) is 15.1 Å². The molecule has 2 atom stereocenters. The molecule has 1 fully saturated rings. The van der Waals surface area contributed by atoms with Crippen LogP contribution in [0.3, 0.4) is 0 Å². The molecule has 1 aliphatic heterocycles. The van der Waals surface area contributed by atoms with Gasteiger partial charge in [0.05, 0.1) is 0 Å². The zero-order valence-electron chi connectivity index (χ0n) is 12.1. The van der Waals surface area contributed by atoms with Crippen LogP contribution in [0.4, 0.5) is 4.79 Å². The number of carboxylic acids is 1. The lowest BCUT2D eigenvalue weighted by Gasteiger charge is -2.24. The highest BCUT2D eigenvalue weighted by atomic mass is 16.4. The first-order valence-corrected chi connectivity index (χ1v) is 6.95. The fourth-order valence-electron chi connectivity index (χ4n) is 2.48. The van der Waals surface area contributed by atoms with E-state index in [1.54, 1.807) is 6.92 Å². The highest BCUT2D eigenvalue weighted by Gasteiger charge is 2.26. The molecule has 2 unspecified atom stereocenters. The summed E-state index contributed by atoms with van der Waals surface area (Å²) in [6.45, 7) is 7.65. The van der Waals surface area contributed by atoms with Gasteiger partial charge in [-0.3, -0.25) is 0 Å². The normalized spacial score (nSPS) is 21.1. The van der Waals surface area contributed by atoms with E-state index in [1.807, 2.05) is 0 Å². The van der Waals surface area contributed by atoms with Crippen LogP contribution >= 0.6 is 0 Å². The molecule has 1 rings (SSSR count). The van der Waals surface area contributed by atoms with Crippen LogP contribution in [-0.4, -0.2) is 66.2 Å². The molecule has 19 heavy (non-hydrogen) atoms. The van der Waals surface area contributed by atoms with E-state index in [0.29, 0.717) is 18.9 Å². The summed E-state index contributed by atoms with van der Waals surface area (Å²) in [5.41, 5.74) is 0. The average molecular weight is 271 g/mol. The molecule has 0 radical (unpaired) electrons. The first-order valence-electron chi connectivity index (χ1n) is 6.95. The third-order valence-corrected chi connectivity index (χ3v) is 3.82. The summed E-state index contributed by atoms with van der Waals surface area (Å²) >= 11 is 0. The standard InChI is InChI=1S/C13H25N3O3/c1-4-11(12(17)18)15(3)13(19)14-8-10-6-7-16(5-2)9-10/h10-11H,4-9H2,1-3H3,(H,14,19)(H,17,18). The molecular formula is C13H25N3O3. The molecule has 1 aliphatic rings. The van der Waals surface area contributed by atoms with E-state index in [4.69, 9.17) is 5.11 Å². The zero-order chi connectivity index (χ0) is 14.4. The number of rotatable bonds is 6. The molecular weight excluding hydrogens is 246 g/mol. The average Bonchev–Trinajstić information content (AvgIpc) is 2.84. The Kier molecular flexibility index (Phi) is 6.08. The van der Waals surface area contributed by atoms with Crippen molar-refractivity contribution in [3.63, 3.8) is 0 Å². The molecule has 2 amide bonds. The molecule has 0 aromatic heterocycles. The van der Waals surface area contributed by atoms with Gasteiger partial charge >= 0.3 is 12.0 Å². The Balaban J connectivity index is 2.36. The summed E-state index contributed by atoms with van der Waals surface area (Å²) in [7, 11) is 1.53. The molecule has 6 nitrogen and oxygen atoms in total. The Morgan fingerprint density at radius 1 is 1.47 bits per heavy atom. The fraction of sp³-hybridized carbons (Fsp3) is 0.846. The molecule has 2 N–H and O–H groups in total. The lowest BCUT2D eigenvalue weighted by molar-refractivity contribution is -0.141. The second kappa shape index (κ2) is 7.33. The second-order valence-corrected chi connectivity index (χ2v) is 5.11. The smallest absolute Gasteiger partial charge is 0.326 e. The largest absolute Gasteiger partial charge is 0.480 e. The number of amides is 2. The van der Waals surface area contributed by atoms with Crippen molar-refractivity contribution in [1.29, 1.82) is 0 Å². The molecule has 6 heteroatoms. The maximum absolute atomic E-state index is 11.9. The summed E-state index contributed by atoms with van der Waals surface area (Å²) < 4.78 is 0. The SMILES string of the molecule is CCC(C(=O)O)N(C)C(=O)NCC1CCN(CC)C1. The Bertz CT molecular complexity index is 322. The van der Waals surface area contributed by atoms with Gasteiger partial charge < -0.3 is 20.2 Å². The minimum atomic E-state index is -0.960. The minimum absolute atomic E-state index is 0.302. The van der Waals surface area contributed by atoms with Gasteiger partial charge in [0, 0.05) is 20.1 Å². The summed E-state index contributed by atoms with van der Waals surface area (Å²) in [4.78, 5) is 26.5. The number of carbonyl (C=O) groups is 2.